The Balaban J connectivity index is 1.22. The van der Waals surface area contributed by atoms with Gasteiger partial charge in [-0.3, -0.25) is 4.79 Å². The Kier molecular flexibility index (Phi) is 5.94. The average molecular weight is 471 g/mol. The quantitative estimate of drug-likeness (QED) is 0.280. The molecule has 33 heavy (non-hydrogen) atoms. The van der Waals surface area contributed by atoms with Gasteiger partial charge < -0.3 is 10.1 Å². The normalized spacial score (nSPS) is 11.0. The first-order valence-electron chi connectivity index (χ1n) is 10.6. The van der Waals surface area contributed by atoms with Crippen LogP contribution in [0.1, 0.15) is 26.4 Å². The second kappa shape index (κ2) is 9.17. The van der Waals surface area contributed by atoms with Crippen LogP contribution in [0.5, 0.6) is 5.75 Å². The molecular formula is C27H22N2O2S2. The number of nitrogens with zero attached hydrogens (tertiary/aromatic N) is 1. The molecule has 1 amide bonds. The van der Waals surface area contributed by atoms with E-state index in [0.717, 1.165) is 33.1 Å². The molecule has 0 atom stereocenters. The first-order chi connectivity index (χ1) is 16.0. The van der Waals surface area contributed by atoms with Gasteiger partial charge in [0, 0.05) is 16.8 Å². The minimum atomic E-state index is -0.121. The summed E-state index contributed by atoms with van der Waals surface area (Å²) >= 11 is 3.10. The molecule has 0 aliphatic rings. The summed E-state index contributed by atoms with van der Waals surface area (Å²) in [5.74, 6) is 0.700. The smallest absolute Gasteiger partial charge is 0.265 e. The molecule has 3 aromatic carbocycles. The predicted molar refractivity (Wildman–Crippen MR) is 138 cm³/mol. The van der Waals surface area contributed by atoms with Gasteiger partial charge in [-0.2, -0.15) is 0 Å². The number of nitrogens with one attached hydrogen (secondary N) is 1. The van der Waals surface area contributed by atoms with Crippen molar-refractivity contribution in [1.82, 2.24) is 4.98 Å². The average Bonchev–Trinajstić information content (AvgIpc) is 3.46. The molecule has 4 nitrogen and oxygen atoms in total. The molecular weight excluding hydrogens is 448 g/mol. The second-order valence-corrected chi connectivity index (χ2v) is 9.88. The number of hydrogen-bond donors (Lipinski definition) is 1. The van der Waals surface area contributed by atoms with Crippen molar-refractivity contribution in [2.75, 3.05) is 5.32 Å². The van der Waals surface area contributed by atoms with Gasteiger partial charge in [0.05, 0.1) is 15.1 Å². The van der Waals surface area contributed by atoms with Gasteiger partial charge in [0.15, 0.2) is 0 Å². The summed E-state index contributed by atoms with van der Waals surface area (Å²) in [6.07, 6.45) is 0. The van der Waals surface area contributed by atoms with Crippen molar-refractivity contribution < 1.29 is 9.53 Å². The molecule has 0 fully saturated rings. The maximum Gasteiger partial charge on any atom is 0.265 e. The molecule has 0 saturated heterocycles. The van der Waals surface area contributed by atoms with E-state index in [1.54, 1.807) is 11.3 Å². The largest absolute Gasteiger partial charge is 0.489 e. The van der Waals surface area contributed by atoms with Crippen molar-refractivity contribution >= 4 is 44.5 Å². The summed E-state index contributed by atoms with van der Waals surface area (Å²) in [6.45, 7) is 4.57. The highest BCUT2D eigenvalue weighted by molar-refractivity contribution is 7.21. The van der Waals surface area contributed by atoms with E-state index in [4.69, 9.17) is 9.72 Å². The number of carbonyl (C=O) groups is 1. The zero-order chi connectivity index (χ0) is 22.8. The fraction of sp³-hybridized carbons (Fsp3) is 0.111. The van der Waals surface area contributed by atoms with Crippen molar-refractivity contribution in [3.05, 3.63) is 99.7 Å². The molecule has 5 aromatic rings. The Labute approximate surface area is 200 Å². The summed E-state index contributed by atoms with van der Waals surface area (Å²) < 4.78 is 6.99. The summed E-state index contributed by atoms with van der Waals surface area (Å²) in [5.41, 5.74) is 6.21. The van der Waals surface area contributed by atoms with Crippen LogP contribution in [0.3, 0.4) is 0 Å². The van der Waals surface area contributed by atoms with E-state index in [1.807, 2.05) is 66.9 Å². The van der Waals surface area contributed by atoms with E-state index in [2.05, 4.69) is 30.4 Å². The highest BCUT2D eigenvalue weighted by Gasteiger charge is 2.11. The fourth-order valence-corrected chi connectivity index (χ4v) is 5.28. The van der Waals surface area contributed by atoms with Crippen LogP contribution in [0.25, 0.3) is 20.8 Å². The Bertz CT molecular complexity index is 1420. The van der Waals surface area contributed by atoms with Gasteiger partial charge >= 0.3 is 0 Å². The van der Waals surface area contributed by atoms with Gasteiger partial charge in [-0.25, -0.2) is 4.98 Å². The molecule has 0 saturated carbocycles. The van der Waals surface area contributed by atoms with Crippen LogP contribution >= 0.6 is 22.7 Å². The maximum absolute atomic E-state index is 12.7. The standard InChI is InChI=1S/C27H22N2O2S2/c1-17-3-10-22(11-4-17)31-15-19-14-25(32-16-19)26(30)28-21-8-6-20(7-9-21)27-29-23-12-5-18(2)13-24(23)33-27/h3-14,16H,15H2,1-2H3,(H,28,30). The Hall–Kier alpha value is -3.48. The summed E-state index contributed by atoms with van der Waals surface area (Å²) in [7, 11) is 0. The first-order valence-corrected chi connectivity index (χ1v) is 12.3. The van der Waals surface area contributed by atoms with Crippen molar-refractivity contribution in [3.63, 3.8) is 0 Å². The molecule has 0 unspecified atom stereocenters. The summed E-state index contributed by atoms with van der Waals surface area (Å²) in [4.78, 5) is 18.1. The number of fused-ring (bicyclic) bond motifs is 1. The topological polar surface area (TPSA) is 51.2 Å². The van der Waals surface area contributed by atoms with Gasteiger partial charge in [-0.15, -0.1) is 22.7 Å². The van der Waals surface area contributed by atoms with Crippen molar-refractivity contribution in [2.24, 2.45) is 0 Å². The van der Waals surface area contributed by atoms with Gasteiger partial charge in [0.2, 0.25) is 0 Å². The lowest BCUT2D eigenvalue weighted by Crippen LogP contribution is -2.10. The van der Waals surface area contributed by atoms with E-state index in [0.29, 0.717) is 11.5 Å². The van der Waals surface area contributed by atoms with Crippen LogP contribution in [0.15, 0.2) is 78.2 Å². The third-order valence-electron chi connectivity index (χ3n) is 5.24. The van der Waals surface area contributed by atoms with Crippen LogP contribution in [-0.2, 0) is 6.61 Å². The van der Waals surface area contributed by atoms with E-state index < -0.39 is 0 Å². The van der Waals surface area contributed by atoms with Gasteiger partial charge in [0.25, 0.3) is 5.91 Å². The molecule has 1 N–H and O–H groups in total. The van der Waals surface area contributed by atoms with E-state index in [1.165, 1.54) is 27.2 Å². The SMILES string of the molecule is Cc1ccc(OCc2csc(C(=O)Nc3ccc(-c4nc5ccc(C)cc5s4)cc3)c2)cc1. The van der Waals surface area contributed by atoms with E-state index in [-0.39, 0.29) is 5.91 Å². The van der Waals surface area contributed by atoms with Gasteiger partial charge in [-0.1, -0.05) is 23.8 Å². The molecule has 164 valence electrons. The number of thiophene rings is 1. The minimum absolute atomic E-state index is 0.121. The number of anilines is 1. The molecule has 0 bridgehead atoms. The van der Waals surface area contributed by atoms with E-state index in [9.17, 15) is 4.79 Å². The van der Waals surface area contributed by atoms with Crippen LogP contribution in [-0.4, -0.2) is 10.9 Å². The maximum atomic E-state index is 12.7. The number of aryl methyl sites for hydroxylation is 2. The monoisotopic (exact) mass is 470 g/mol. The van der Waals surface area contributed by atoms with Gasteiger partial charge in [-0.05, 0) is 79.4 Å². The number of ether oxygens (including phenoxy) is 1. The van der Waals surface area contributed by atoms with Crippen LogP contribution in [0.2, 0.25) is 0 Å². The van der Waals surface area contributed by atoms with E-state index >= 15 is 0 Å². The second-order valence-electron chi connectivity index (χ2n) is 7.94. The van der Waals surface area contributed by atoms with Gasteiger partial charge in [0.1, 0.15) is 17.4 Å². The van der Waals surface area contributed by atoms with Crippen molar-refractivity contribution in [3.8, 4) is 16.3 Å². The molecule has 0 spiro atoms. The molecule has 2 heterocycles. The number of thiazole rings is 1. The van der Waals surface area contributed by atoms with Crippen LogP contribution in [0, 0.1) is 13.8 Å². The van der Waals surface area contributed by atoms with Crippen molar-refractivity contribution in [2.45, 2.75) is 20.5 Å². The summed E-state index contributed by atoms with van der Waals surface area (Å²) in [6, 6.07) is 23.9. The lowest BCUT2D eigenvalue weighted by Gasteiger charge is -2.05. The van der Waals surface area contributed by atoms with Crippen molar-refractivity contribution in [1.29, 1.82) is 0 Å². The number of benzene rings is 3. The highest BCUT2D eigenvalue weighted by Crippen LogP contribution is 2.31. The number of aromatic nitrogens is 1. The fourth-order valence-electron chi connectivity index (χ4n) is 3.42. The van der Waals surface area contributed by atoms with Crippen LogP contribution in [0.4, 0.5) is 5.69 Å². The zero-order valence-corrected chi connectivity index (χ0v) is 19.9. The Morgan fingerprint density at radius 2 is 1.70 bits per heavy atom. The predicted octanol–water partition coefficient (Wildman–Crippen LogP) is 7.47. The molecule has 0 radical (unpaired) electrons. The zero-order valence-electron chi connectivity index (χ0n) is 18.3. The molecule has 5 rings (SSSR count). The lowest BCUT2D eigenvalue weighted by molar-refractivity contribution is 0.103. The third-order valence-corrected chi connectivity index (χ3v) is 7.28. The third kappa shape index (κ3) is 4.97. The molecule has 2 aromatic heterocycles. The first kappa shape index (κ1) is 21.4. The van der Waals surface area contributed by atoms with Crippen LogP contribution < -0.4 is 10.1 Å². The highest BCUT2D eigenvalue weighted by atomic mass is 32.1. The molecule has 6 heteroatoms. The Morgan fingerprint density at radius 3 is 2.48 bits per heavy atom. The minimum Gasteiger partial charge on any atom is -0.489 e. The molecule has 0 aliphatic carbocycles. The lowest BCUT2D eigenvalue weighted by atomic mass is 10.2. The number of amides is 1. The number of hydrogen-bond acceptors (Lipinski definition) is 5. The number of carbonyl (C=O) groups excluding carboxylic acids is 1. The summed E-state index contributed by atoms with van der Waals surface area (Å²) in [5, 5.41) is 5.91. The molecule has 0 aliphatic heterocycles. The Morgan fingerprint density at radius 1 is 0.939 bits per heavy atom. The number of rotatable bonds is 6.